The third-order valence-corrected chi connectivity index (χ3v) is 3.44. The number of hydrogen-bond acceptors (Lipinski definition) is 6. The van der Waals surface area contributed by atoms with Gasteiger partial charge in [-0.15, -0.1) is 0 Å². The van der Waals surface area contributed by atoms with Gasteiger partial charge in [0.25, 0.3) is 0 Å². The molecule has 0 bridgehead atoms. The number of aliphatic hydroxyl groups excluding tert-OH is 1. The molecule has 1 aromatic rings. The molecule has 1 aliphatic heterocycles. The van der Waals surface area contributed by atoms with E-state index in [2.05, 4.69) is 21.8 Å². The molecular formula is C14H24N4O2. The Morgan fingerprint density at radius 3 is 2.90 bits per heavy atom. The molecule has 1 fully saturated rings. The molecule has 1 aromatic heterocycles. The lowest BCUT2D eigenvalue weighted by atomic mass is 10.0. The fourth-order valence-electron chi connectivity index (χ4n) is 2.73. The van der Waals surface area contributed by atoms with Crippen molar-refractivity contribution < 1.29 is 9.84 Å². The maximum atomic E-state index is 9.41. The highest BCUT2D eigenvalue weighted by molar-refractivity contribution is 5.57. The first kappa shape index (κ1) is 15.0. The molecule has 0 aromatic carbocycles. The van der Waals surface area contributed by atoms with Crippen LogP contribution in [0.15, 0.2) is 6.33 Å². The largest absolute Gasteiger partial charge is 0.394 e. The van der Waals surface area contributed by atoms with E-state index in [1.165, 1.54) is 6.33 Å². The van der Waals surface area contributed by atoms with Crippen molar-refractivity contribution in [2.24, 2.45) is 0 Å². The molecule has 0 radical (unpaired) electrons. The van der Waals surface area contributed by atoms with Gasteiger partial charge in [-0.1, -0.05) is 13.3 Å². The Morgan fingerprint density at radius 2 is 2.25 bits per heavy atom. The summed E-state index contributed by atoms with van der Waals surface area (Å²) in [4.78, 5) is 10.6. The van der Waals surface area contributed by atoms with E-state index in [1.807, 2.05) is 13.8 Å². The highest BCUT2D eigenvalue weighted by atomic mass is 16.5. The molecule has 0 amide bonds. The van der Waals surface area contributed by atoms with Crippen molar-refractivity contribution in [2.45, 2.75) is 45.3 Å². The second-order valence-electron chi connectivity index (χ2n) is 5.87. The van der Waals surface area contributed by atoms with Crippen molar-refractivity contribution in [2.75, 3.05) is 30.3 Å². The summed E-state index contributed by atoms with van der Waals surface area (Å²) in [5, 5.41) is 9.41. The predicted octanol–water partition coefficient (Wildman–Crippen LogP) is 0.987. The van der Waals surface area contributed by atoms with E-state index in [9.17, 15) is 5.11 Å². The van der Waals surface area contributed by atoms with Gasteiger partial charge in [-0.2, -0.15) is 0 Å². The van der Waals surface area contributed by atoms with E-state index in [0.29, 0.717) is 12.4 Å². The first-order chi connectivity index (χ1) is 9.46. The smallest absolute Gasteiger partial charge is 0.137 e. The standard InChI is InChI=1S/C14H24N4O2/c1-4-5-11-12(15)16-9-17-13(11)18-6-10(7-19)20-14(2,3)8-18/h9-10,19H,4-8H2,1-3H3,(H2,15,16,17). The Bertz CT molecular complexity index is 464. The number of nitrogens with two attached hydrogens (primary N) is 1. The van der Waals surface area contributed by atoms with Crippen LogP contribution < -0.4 is 10.6 Å². The molecule has 1 saturated heterocycles. The van der Waals surface area contributed by atoms with Crippen LogP contribution in [-0.2, 0) is 11.2 Å². The zero-order valence-electron chi connectivity index (χ0n) is 12.5. The molecule has 1 aliphatic rings. The van der Waals surface area contributed by atoms with Crippen LogP contribution in [-0.4, -0.2) is 46.5 Å². The molecule has 0 aliphatic carbocycles. The first-order valence-electron chi connectivity index (χ1n) is 7.10. The lowest BCUT2D eigenvalue weighted by Gasteiger charge is -2.43. The molecule has 6 nitrogen and oxygen atoms in total. The molecule has 1 atom stereocenters. The summed E-state index contributed by atoms with van der Waals surface area (Å²) >= 11 is 0. The number of anilines is 2. The molecule has 0 spiro atoms. The van der Waals surface area contributed by atoms with Crippen LogP contribution in [0, 0.1) is 0 Å². The maximum Gasteiger partial charge on any atom is 0.137 e. The summed E-state index contributed by atoms with van der Waals surface area (Å²) in [6, 6.07) is 0. The number of nitrogens with zero attached hydrogens (tertiary/aromatic N) is 3. The van der Waals surface area contributed by atoms with Gasteiger partial charge < -0.3 is 20.5 Å². The lowest BCUT2D eigenvalue weighted by molar-refractivity contribution is -0.101. The van der Waals surface area contributed by atoms with Crippen LogP contribution in [0.4, 0.5) is 11.6 Å². The molecule has 0 saturated carbocycles. The molecule has 3 N–H and O–H groups in total. The van der Waals surface area contributed by atoms with Crippen LogP contribution in [0.2, 0.25) is 0 Å². The zero-order valence-corrected chi connectivity index (χ0v) is 12.5. The van der Waals surface area contributed by atoms with Gasteiger partial charge in [0.1, 0.15) is 18.0 Å². The second kappa shape index (κ2) is 5.93. The Hall–Kier alpha value is -1.40. The number of morpholine rings is 1. The van der Waals surface area contributed by atoms with Gasteiger partial charge in [-0.25, -0.2) is 9.97 Å². The minimum Gasteiger partial charge on any atom is -0.394 e. The second-order valence-corrected chi connectivity index (χ2v) is 5.87. The van der Waals surface area contributed by atoms with Crippen molar-refractivity contribution in [3.63, 3.8) is 0 Å². The molecule has 2 rings (SSSR count). The van der Waals surface area contributed by atoms with E-state index in [1.54, 1.807) is 0 Å². The Labute approximate surface area is 120 Å². The Kier molecular flexibility index (Phi) is 4.45. The highest BCUT2D eigenvalue weighted by Gasteiger charge is 2.34. The number of ether oxygens (including phenoxy) is 1. The Morgan fingerprint density at radius 1 is 1.50 bits per heavy atom. The third-order valence-electron chi connectivity index (χ3n) is 3.44. The molecule has 112 valence electrons. The minimum atomic E-state index is -0.325. The number of nitrogen functional groups attached to an aromatic ring is 1. The summed E-state index contributed by atoms with van der Waals surface area (Å²) < 4.78 is 5.84. The van der Waals surface area contributed by atoms with Gasteiger partial charge in [0.2, 0.25) is 0 Å². The Balaban J connectivity index is 2.32. The summed E-state index contributed by atoms with van der Waals surface area (Å²) in [5.74, 6) is 1.41. The van der Waals surface area contributed by atoms with E-state index >= 15 is 0 Å². The number of aliphatic hydroxyl groups is 1. The van der Waals surface area contributed by atoms with E-state index < -0.39 is 0 Å². The number of aromatic nitrogens is 2. The van der Waals surface area contributed by atoms with Gasteiger partial charge in [-0.05, 0) is 20.3 Å². The average molecular weight is 280 g/mol. The van der Waals surface area contributed by atoms with Crippen molar-refractivity contribution in [3.05, 3.63) is 11.9 Å². The van der Waals surface area contributed by atoms with Crippen molar-refractivity contribution in [1.29, 1.82) is 0 Å². The third kappa shape index (κ3) is 3.19. The summed E-state index contributed by atoms with van der Waals surface area (Å²) in [7, 11) is 0. The predicted molar refractivity (Wildman–Crippen MR) is 78.7 cm³/mol. The normalized spacial score (nSPS) is 22.0. The highest BCUT2D eigenvalue weighted by Crippen LogP contribution is 2.29. The summed E-state index contributed by atoms with van der Waals surface area (Å²) in [5.41, 5.74) is 6.66. The fraction of sp³-hybridized carbons (Fsp3) is 0.714. The van der Waals surface area contributed by atoms with E-state index in [-0.39, 0.29) is 18.3 Å². The van der Waals surface area contributed by atoms with Gasteiger partial charge in [0.05, 0.1) is 18.3 Å². The van der Waals surface area contributed by atoms with Crippen LogP contribution in [0.1, 0.15) is 32.8 Å². The van der Waals surface area contributed by atoms with Gasteiger partial charge >= 0.3 is 0 Å². The van der Waals surface area contributed by atoms with Gasteiger partial charge in [0, 0.05) is 18.7 Å². The summed E-state index contributed by atoms with van der Waals surface area (Å²) in [6.45, 7) is 7.49. The first-order valence-corrected chi connectivity index (χ1v) is 7.10. The van der Waals surface area contributed by atoms with E-state index in [0.717, 1.165) is 30.8 Å². The fourth-order valence-corrected chi connectivity index (χ4v) is 2.73. The molecule has 1 unspecified atom stereocenters. The quantitative estimate of drug-likeness (QED) is 0.855. The lowest BCUT2D eigenvalue weighted by Crippen LogP contribution is -2.54. The van der Waals surface area contributed by atoms with Gasteiger partial charge in [0.15, 0.2) is 0 Å². The van der Waals surface area contributed by atoms with Crippen LogP contribution in [0.5, 0.6) is 0 Å². The molecule has 6 heteroatoms. The van der Waals surface area contributed by atoms with Crippen molar-refractivity contribution in [1.82, 2.24) is 9.97 Å². The van der Waals surface area contributed by atoms with Crippen molar-refractivity contribution >= 4 is 11.6 Å². The minimum absolute atomic E-state index is 0.00358. The number of rotatable bonds is 4. The van der Waals surface area contributed by atoms with Crippen LogP contribution in [0.25, 0.3) is 0 Å². The SMILES string of the molecule is CCCc1c(N)ncnc1N1CC(CO)OC(C)(C)C1. The molecular weight excluding hydrogens is 256 g/mol. The molecule has 2 heterocycles. The zero-order chi connectivity index (χ0) is 14.8. The topological polar surface area (TPSA) is 84.5 Å². The van der Waals surface area contributed by atoms with E-state index in [4.69, 9.17) is 10.5 Å². The van der Waals surface area contributed by atoms with Gasteiger partial charge in [-0.3, -0.25) is 0 Å². The van der Waals surface area contributed by atoms with Crippen LogP contribution in [0.3, 0.4) is 0 Å². The summed E-state index contributed by atoms with van der Waals surface area (Å²) in [6.07, 6.45) is 3.13. The average Bonchev–Trinajstić information content (AvgIpc) is 2.39. The monoisotopic (exact) mass is 280 g/mol. The van der Waals surface area contributed by atoms with Crippen LogP contribution >= 0.6 is 0 Å². The maximum absolute atomic E-state index is 9.41. The number of hydrogen-bond donors (Lipinski definition) is 2. The van der Waals surface area contributed by atoms with Crippen molar-refractivity contribution in [3.8, 4) is 0 Å². The molecule has 20 heavy (non-hydrogen) atoms.